The molecule has 98 valence electrons. The van der Waals surface area contributed by atoms with Gasteiger partial charge in [0.1, 0.15) is 0 Å². The van der Waals surface area contributed by atoms with Gasteiger partial charge in [-0.3, -0.25) is 10.1 Å². The molecule has 7 heteroatoms. The molecule has 1 unspecified atom stereocenters. The molecular weight excluding hydrogens is 236 g/mol. The molecule has 1 aliphatic heterocycles. The van der Waals surface area contributed by atoms with Crippen LogP contribution in [0.1, 0.15) is 6.42 Å². The number of hydrogen-bond acceptors (Lipinski definition) is 6. The molecule has 2 N–H and O–H groups in total. The lowest BCUT2D eigenvalue weighted by Gasteiger charge is -2.10. The first-order chi connectivity index (χ1) is 8.72. The molecule has 0 aromatic carbocycles. The van der Waals surface area contributed by atoms with E-state index in [9.17, 15) is 4.79 Å². The summed E-state index contributed by atoms with van der Waals surface area (Å²) in [5.74, 6) is 0.771. The first-order valence-corrected chi connectivity index (χ1v) is 5.71. The van der Waals surface area contributed by atoms with Gasteiger partial charge in [-0.15, -0.1) is 0 Å². The smallest absolute Gasteiger partial charge is 0.236 e. The summed E-state index contributed by atoms with van der Waals surface area (Å²) in [6.07, 6.45) is 0.826. The monoisotopic (exact) mass is 252 g/mol. The van der Waals surface area contributed by atoms with Gasteiger partial charge in [-0.1, -0.05) is 0 Å². The van der Waals surface area contributed by atoms with Crippen molar-refractivity contribution in [3.8, 4) is 11.8 Å². The molecule has 2 rings (SSSR count). The Balaban J connectivity index is 2.09. The summed E-state index contributed by atoms with van der Waals surface area (Å²) in [5, 5.41) is 5.81. The lowest BCUT2D eigenvalue weighted by molar-refractivity contribution is -0.119. The number of aromatic nitrogens is 2. The Morgan fingerprint density at radius 3 is 2.56 bits per heavy atom. The summed E-state index contributed by atoms with van der Waals surface area (Å²) in [6.45, 7) is 1.55. The molecule has 1 amide bonds. The van der Waals surface area contributed by atoms with Gasteiger partial charge in [0.25, 0.3) is 0 Å². The van der Waals surface area contributed by atoms with Gasteiger partial charge in [0.05, 0.1) is 26.2 Å². The van der Waals surface area contributed by atoms with Crippen LogP contribution >= 0.6 is 0 Å². The first-order valence-electron chi connectivity index (χ1n) is 5.71. The average molecular weight is 252 g/mol. The van der Waals surface area contributed by atoms with E-state index in [1.165, 1.54) is 14.2 Å². The van der Waals surface area contributed by atoms with Gasteiger partial charge < -0.3 is 14.8 Å². The van der Waals surface area contributed by atoms with Gasteiger partial charge in [0, 0.05) is 6.54 Å². The minimum atomic E-state index is -0.0877. The first kappa shape index (κ1) is 12.6. The summed E-state index contributed by atoms with van der Waals surface area (Å²) in [6, 6.07) is 1.55. The lowest BCUT2D eigenvalue weighted by Crippen LogP contribution is -2.25. The number of ether oxygens (including phenoxy) is 2. The van der Waals surface area contributed by atoms with Crippen molar-refractivity contribution in [2.75, 3.05) is 32.6 Å². The summed E-state index contributed by atoms with van der Waals surface area (Å²) in [5.41, 5.74) is 0. The van der Waals surface area contributed by atoms with Crippen LogP contribution in [0.3, 0.4) is 0 Å². The van der Waals surface area contributed by atoms with Crippen molar-refractivity contribution >= 4 is 11.9 Å². The minimum Gasteiger partial charge on any atom is -0.481 e. The Bertz CT molecular complexity index is 410. The second-order valence-electron chi connectivity index (χ2n) is 3.96. The number of rotatable bonds is 4. The maximum absolute atomic E-state index is 11.9. The number of nitrogens with zero attached hydrogens (tertiary/aromatic N) is 2. The van der Waals surface area contributed by atoms with E-state index in [0.717, 1.165) is 13.0 Å². The molecule has 0 saturated carbocycles. The number of nitrogens with one attached hydrogen (secondary N) is 2. The highest BCUT2D eigenvalue weighted by Gasteiger charge is 2.23. The van der Waals surface area contributed by atoms with Crippen LogP contribution < -0.4 is 20.1 Å². The lowest BCUT2D eigenvalue weighted by atomic mass is 10.1. The van der Waals surface area contributed by atoms with Crippen molar-refractivity contribution in [2.24, 2.45) is 5.92 Å². The van der Waals surface area contributed by atoms with Gasteiger partial charge >= 0.3 is 0 Å². The van der Waals surface area contributed by atoms with E-state index in [-0.39, 0.29) is 17.8 Å². The molecule has 0 aliphatic carbocycles. The molecular formula is C11H16N4O3. The second kappa shape index (κ2) is 5.63. The quantitative estimate of drug-likeness (QED) is 0.787. The van der Waals surface area contributed by atoms with Crippen LogP contribution in [-0.2, 0) is 4.79 Å². The van der Waals surface area contributed by atoms with Crippen molar-refractivity contribution in [3.05, 3.63) is 6.07 Å². The largest absolute Gasteiger partial charge is 0.481 e. The molecule has 0 spiro atoms. The zero-order chi connectivity index (χ0) is 13.0. The summed E-state index contributed by atoms with van der Waals surface area (Å²) in [4.78, 5) is 20.0. The molecule has 0 bridgehead atoms. The number of amides is 1. The third-order valence-electron chi connectivity index (χ3n) is 2.76. The third-order valence-corrected chi connectivity index (χ3v) is 2.76. The predicted octanol–water partition coefficient (Wildman–Crippen LogP) is 0.0418. The fourth-order valence-electron chi connectivity index (χ4n) is 1.76. The average Bonchev–Trinajstić information content (AvgIpc) is 2.92. The molecule has 1 aromatic heterocycles. The Labute approximate surface area is 105 Å². The molecule has 1 aliphatic rings. The van der Waals surface area contributed by atoms with E-state index in [0.29, 0.717) is 18.3 Å². The van der Waals surface area contributed by atoms with Crippen LogP contribution in [0.5, 0.6) is 11.8 Å². The number of anilines is 1. The maximum Gasteiger partial charge on any atom is 0.236 e. The highest BCUT2D eigenvalue weighted by atomic mass is 16.5. The summed E-state index contributed by atoms with van der Waals surface area (Å²) >= 11 is 0. The Kier molecular flexibility index (Phi) is 3.93. The zero-order valence-electron chi connectivity index (χ0n) is 10.4. The van der Waals surface area contributed by atoms with Crippen molar-refractivity contribution in [3.63, 3.8) is 0 Å². The highest BCUT2D eigenvalue weighted by molar-refractivity contribution is 5.91. The fourth-order valence-corrected chi connectivity index (χ4v) is 1.76. The fraction of sp³-hybridized carbons (Fsp3) is 0.545. The molecule has 7 nitrogen and oxygen atoms in total. The Morgan fingerprint density at radius 1 is 1.39 bits per heavy atom. The van der Waals surface area contributed by atoms with E-state index >= 15 is 0 Å². The number of hydrogen-bond donors (Lipinski definition) is 2. The zero-order valence-corrected chi connectivity index (χ0v) is 10.4. The van der Waals surface area contributed by atoms with Crippen LogP contribution in [0.2, 0.25) is 0 Å². The standard InChI is InChI=1S/C11H16N4O3/c1-17-8-5-9(18-2)14-11(13-8)15-10(16)7-3-4-12-6-7/h5,7,12H,3-4,6H2,1-2H3,(H,13,14,15,16). The number of carbonyl (C=O) groups is 1. The van der Waals surface area contributed by atoms with Gasteiger partial charge in [0.15, 0.2) is 0 Å². The van der Waals surface area contributed by atoms with Gasteiger partial charge in [-0.2, -0.15) is 9.97 Å². The van der Waals surface area contributed by atoms with Gasteiger partial charge in [0.2, 0.25) is 23.6 Å². The normalized spacial score (nSPS) is 18.4. The van der Waals surface area contributed by atoms with E-state index in [1.807, 2.05) is 0 Å². The van der Waals surface area contributed by atoms with Crippen molar-refractivity contribution in [1.29, 1.82) is 0 Å². The van der Waals surface area contributed by atoms with Crippen LogP contribution in [0.4, 0.5) is 5.95 Å². The van der Waals surface area contributed by atoms with Gasteiger partial charge in [-0.25, -0.2) is 0 Å². The van der Waals surface area contributed by atoms with E-state index < -0.39 is 0 Å². The summed E-state index contributed by atoms with van der Waals surface area (Å²) < 4.78 is 10.0. The van der Waals surface area contributed by atoms with Gasteiger partial charge in [-0.05, 0) is 13.0 Å². The maximum atomic E-state index is 11.9. The Hall–Kier alpha value is -1.89. The molecule has 1 fully saturated rings. The van der Waals surface area contributed by atoms with Crippen molar-refractivity contribution < 1.29 is 14.3 Å². The van der Waals surface area contributed by atoms with Crippen LogP contribution in [0.15, 0.2) is 6.07 Å². The number of methoxy groups -OCH3 is 2. The van der Waals surface area contributed by atoms with Crippen molar-refractivity contribution in [1.82, 2.24) is 15.3 Å². The topological polar surface area (TPSA) is 85.4 Å². The Morgan fingerprint density at radius 2 is 2.06 bits per heavy atom. The minimum absolute atomic E-state index is 0.0363. The molecule has 0 radical (unpaired) electrons. The van der Waals surface area contributed by atoms with E-state index in [4.69, 9.17) is 9.47 Å². The summed E-state index contributed by atoms with van der Waals surface area (Å²) in [7, 11) is 2.99. The third kappa shape index (κ3) is 2.86. The van der Waals surface area contributed by atoms with E-state index in [1.54, 1.807) is 6.07 Å². The molecule has 1 aromatic rings. The predicted molar refractivity (Wildman–Crippen MR) is 64.7 cm³/mol. The number of carbonyl (C=O) groups excluding carboxylic acids is 1. The van der Waals surface area contributed by atoms with E-state index in [2.05, 4.69) is 20.6 Å². The van der Waals surface area contributed by atoms with Crippen molar-refractivity contribution in [2.45, 2.75) is 6.42 Å². The highest BCUT2D eigenvalue weighted by Crippen LogP contribution is 2.18. The van der Waals surface area contributed by atoms with Crippen LogP contribution in [0.25, 0.3) is 0 Å². The second-order valence-corrected chi connectivity index (χ2v) is 3.96. The van der Waals surface area contributed by atoms with Crippen LogP contribution in [0, 0.1) is 5.92 Å². The molecule has 2 heterocycles. The SMILES string of the molecule is COc1cc(OC)nc(NC(=O)C2CCNC2)n1. The van der Waals surface area contributed by atoms with Crippen LogP contribution in [-0.4, -0.2) is 43.2 Å². The molecule has 1 atom stereocenters. The molecule has 1 saturated heterocycles. The molecule has 18 heavy (non-hydrogen) atoms.